The summed E-state index contributed by atoms with van der Waals surface area (Å²) in [5.41, 5.74) is 5.26. The Morgan fingerprint density at radius 2 is 2.06 bits per heavy atom. The van der Waals surface area contributed by atoms with Gasteiger partial charge in [-0.2, -0.15) is 13.2 Å². The normalized spacial score (nSPS) is 24.2. The number of likely N-dealkylation sites (tertiary alicyclic amines) is 1. The third-order valence-electron chi connectivity index (χ3n) is 3.95. The van der Waals surface area contributed by atoms with Crippen LogP contribution in [0.2, 0.25) is 0 Å². The van der Waals surface area contributed by atoms with Gasteiger partial charge < -0.3 is 10.6 Å². The van der Waals surface area contributed by atoms with Gasteiger partial charge in [-0.3, -0.25) is 0 Å². The van der Waals surface area contributed by atoms with Crippen molar-refractivity contribution in [2.45, 2.75) is 45.2 Å². The van der Waals surface area contributed by atoms with Crippen LogP contribution in [0.5, 0.6) is 0 Å². The Morgan fingerprint density at radius 3 is 2.61 bits per heavy atom. The first-order valence-corrected chi connectivity index (χ1v) is 6.96. The number of alkyl halides is 3. The van der Waals surface area contributed by atoms with E-state index in [9.17, 15) is 13.2 Å². The second kappa shape index (κ2) is 7.34. The molecular formula is C13H25F3N2. The van der Waals surface area contributed by atoms with Crippen molar-refractivity contribution in [1.82, 2.24) is 4.90 Å². The number of nitrogens with zero attached hydrogens (tertiary/aromatic N) is 1. The fourth-order valence-electron chi connectivity index (χ4n) is 2.70. The first-order chi connectivity index (χ1) is 8.47. The first kappa shape index (κ1) is 15.8. The largest absolute Gasteiger partial charge is 0.391 e. The van der Waals surface area contributed by atoms with E-state index in [0.29, 0.717) is 12.5 Å². The van der Waals surface area contributed by atoms with Crippen LogP contribution in [-0.2, 0) is 0 Å². The van der Waals surface area contributed by atoms with Crippen molar-refractivity contribution in [3.05, 3.63) is 0 Å². The molecule has 0 aromatic carbocycles. The lowest BCUT2D eigenvalue weighted by molar-refractivity contribution is -0.178. The molecule has 1 heterocycles. The minimum Gasteiger partial charge on any atom is -0.330 e. The van der Waals surface area contributed by atoms with Crippen molar-refractivity contribution in [3.63, 3.8) is 0 Å². The van der Waals surface area contributed by atoms with Crippen LogP contribution >= 0.6 is 0 Å². The summed E-state index contributed by atoms with van der Waals surface area (Å²) >= 11 is 0. The number of rotatable bonds is 6. The van der Waals surface area contributed by atoms with Gasteiger partial charge in [-0.25, -0.2) is 0 Å². The average Bonchev–Trinajstić information content (AvgIpc) is 2.33. The van der Waals surface area contributed by atoms with Gasteiger partial charge in [0.05, 0.1) is 5.92 Å². The van der Waals surface area contributed by atoms with E-state index in [4.69, 9.17) is 5.73 Å². The average molecular weight is 266 g/mol. The molecule has 0 radical (unpaired) electrons. The van der Waals surface area contributed by atoms with E-state index in [1.807, 2.05) is 0 Å². The Labute approximate surface area is 108 Å². The molecule has 2 atom stereocenters. The van der Waals surface area contributed by atoms with Gasteiger partial charge in [-0.15, -0.1) is 0 Å². The fourth-order valence-corrected chi connectivity index (χ4v) is 2.70. The van der Waals surface area contributed by atoms with Crippen molar-refractivity contribution < 1.29 is 13.2 Å². The van der Waals surface area contributed by atoms with E-state index < -0.39 is 12.1 Å². The summed E-state index contributed by atoms with van der Waals surface area (Å²) in [5.74, 6) is -0.568. The summed E-state index contributed by atoms with van der Waals surface area (Å²) in [4.78, 5) is 2.19. The highest BCUT2D eigenvalue weighted by molar-refractivity contribution is 4.75. The molecule has 0 saturated carbocycles. The number of hydrogen-bond donors (Lipinski definition) is 1. The van der Waals surface area contributed by atoms with Gasteiger partial charge >= 0.3 is 6.18 Å². The second-order valence-electron chi connectivity index (χ2n) is 5.32. The summed E-state index contributed by atoms with van der Waals surface area (Å²) in [6.45, 7) is 4.73. The first-order valence-electron chi connectivity index (χ1n) is 6.96. The smallest absolute Gasteiger partial charge is 0.330 e. The molecule has 2 nitrogen and oxygen atoms in total. The molecule has 0 aromatic heterocycles. The quantitative estimate of drug-likeness (QED) is 0.800. The molecule has 1 aliphatic rings. The topological polar surface area (TPSA) is 29.3 Å². The number of piperidine rings is 1. The number of nitrogens with two attached hydrogens (primary N) is 1. The van der Waals surface area contributed by atoms with Gasteiger partial charge in [0, 0.05) is 6.54 Å². The Hall–Kier alpha value is -0.290. The van der Waals surface area contributed by atoms with Crippen molar-refractivity contribution in [1.29, 1.82) is 0 Å². The molecule has 2 N–H and O–H groups in total. The van der Waals surface area contributed by atoms with Crippen LogP contribution in [0.3, 0.4) is 0 Å². The van der Waals surface area contributed by atoms with Crippen molar-refractivity contribution in [3.8, 4) is 0 Å². The Morgan fingerprint density at radius 1 is 1.33 bits per heavy atom. The highest BCUT2D eigenvalue weighted by Crippen LogP contribution is 2.31. The predicted molar refractivity (Wildman–Crippen MR) is 67.3 cm³/mol. The van der Waals surface area contributed by atoms with Crippen LogP contribution in [-0.4, -0.2) is 37.3 Å². The Kier molecular flexibility index (Phi) is 6.43. The molecule has 5 heteroatoms. The summed E-state index contributed by atoms with van der Waals surface area (Å²) < 4.78 is 38.2. The van der Waals surface area contributed by atoms with Gasteiger partial charge in [-0.05, 0) is 51.2 Å². The molecular weight excluding hydrogens is 241 g/mol. The third-order valence-corrected chi connectivity index (χ3v) is 3.95. The van der Waals surface area contributed by atoms with Gasteiger partial charge in [0.2, 0.25) is 0 Å². The van der Waals surface area contributed by atoms with E-state index >= 15 is 0 Å². The van der Waals surface area contributed by atoms with Gasteiger partial charge in [-0.1, -0.05) is 13.3 Å². The van der Waals surface area contributed by atoms with E-state index in [1.54, 1.807) is 0 Å². The number of hydrogen-bond acceptors (Lipinski definition) is 2. The molecule has 0 bridgehead atoms. The molecule has 2 unspecified atom stereocenters. The Balaban J connectivity index is 2.37. The highest BCUT2D eigenvalue weighted by atomic mass is 19.4. The molecule has 0 aliphatic carbocycles. The van der Waals surface area contributed by atoms with E-state index in [0.717, 1.165) is 25.9 Å². The molecule has 1 aliphatic heterocycles. The molecule has 0 aromatic rings. The molecule has 0 amide bonds. The SMILES string of the molecule is CCC1CCCN(CCC(CCN)C(F)(F)F)C1. The maximum Gasteiger partial charge on any atom is 0.391 e. The lowest BCUT2D eigenvalue weighted by Crippen LogP contribution is -2.38. The molecule has 1 fully saturated rings. The van der Waals surface area contributed by atoms with Crippen molar-refractivity contribution >= 4 is 0 Å². The molecule has 1 rings (SSSR count). The highest BCUT2D eigenvalue weighted by Gasteiger charge is 2.38. The fraction of sp³-hybridized carbons (Fsp3) is 1.00. The van der Waals surface area contributed by atoms with Gasteiger partial charge in [0.15, 0.2) is 0 Å². The maximum atomic E-state index is 12.7. The monoisotopic (exact) mass is 266 g/mol. The third kappa shape index (κ3) is 5.14. The Bertz CT molecular complexity index is 231. The summed E-state index contributed by atoms with van der Waals surface area (Å²) in [7, 11) is 0. The van der Waals surface area contributed by atoms with E-state index in [1.165, 1.54) is 6.42 Å². The van der Waals surface area contributed by atoms with Gasteiger partial charge in [0.1, 0.15) is 0 Å². The van der Waals surface area contributed by atoms with Crippen molar-refractivity contribution in [2.24, 2.45) is 17.6 Å². The summed E-state index contributed by atoms with van der Waals surface area (Å²) in [5, 5.41) is 0. The van der Waals surface area contributed by atoms with Gasteiger partial charge in [0.25, 0.3) is 0 Å². The zero-order valence-corrected chi connectivity index (χ0v) is 11.2. The summed E-state index contributed by atoms with van der Waals surface area (Å²) in [6.07, 6.45) is -0.391. The van der Waals surface area contributed by atoms with Crippen molar-refractivity contribution in [2.75, 3.05) is 26.2 Å². The minimum atomic E-state index is -4.10. The standard InChI is InChI=1S/C13H25F3N2/c1-2-11-4-3-8-18(10-11)9-6-12(5-7-17)13(14,15)16/h11-12H,2-10,17H2,1H3. The zero-order chi connectivity index (χ0) is 13.6. The lowest BCUT2D eigenvalue weighted by Gasteiger charge is -2.33. The second-order valence-corrected chi connectivity index (χ2v) is 5.32. The van der Waals surface area contributed by atoms with E-state index in [2.05, 4.69) is 11.8 Å². The molecule has 1 saturated heterocycles. The van der Waals surface area contributed by atoms with Crippen LogP contribution in [0.1, 0.15) is 39.0 Å². The summed E-state index contributed by atoms with van der Waals surface area (Å²) in [6, 6.07) is 0. The predicted octanol–water partition coefficient (Wildman–Crippen LogP) is 3.03. The molecule has 18 heavy (non-hydrogen) atoms. The maximum absolute atomic E-state index is 12.7. The number of halogens is 3. The van der Waals surface area contributed by atoms with Crippen LogP contribution in [0, 0.1) is 11.8 Å². The lowest BCUT2D eigenvalue weighted by atomic mass is 9.94. The van der Waals surface area contributed by atoms with Crippen LogP contribution in [0.25, 0.3) is 0 Å². The van der Waals surface area contributed by atoms with E-state index in [-0.39, 0.29) is 19.4 Å². The minimum absolute atomic E-state index is 0.0501. The van der Waals surface area contributed by atoms with Crippen LogP contribution in [0.4, 0.5) is 13.2 Å². The molecule has 108 valence electrons. The van der Waals surface area contributed by atoms with Crippen LogP contribution in [0.15, 0.2) is 0 Å². The zero-order valence-electron chi connectivity index (χ0n) is 11.2. The van der Waals surface area contributed by atoms with Crippen LogP contribution < -0.4 is 5.73 Å². The molecule has 0 spiro atoms.